The first-order valence-electron chi connectivity index (χ1n) is 11.3. The van der Waals surface area contributed by atoms with Crippen LogP contribution in [0.4, 0.5) is 0 Å². The van der Waals surface area contributed by atoms with Crippen molar-refractivity contribution in [2.45, 2.75) is 84.2 Å². The molecule has 1 amide bonds. The van der Waals surface area contributed by atoms with Gasteiger partial charge in [0.25, 0.3) is 0 Å². The number of carbonyl (C=O) groups excluding carboxylic acids is 1. The number of nitrogens with one attached hydrogen (secondary N) is 1. The van der Waals surface area contributed by atoms with Crippen molar-refractivity contribution in [1.82, 2.24) is 5.32 Å². The molecule has 1 aliphatic heterocycles. The lowest BCUT2D eigenvalue weighted by atomic mass is 10.0. The van der Waals surface area contributed by atoms with Gasteiger partial charge in [0.05, 0.1) is 18.7 Å². The molecule has 0 saturated carbocycles. The summed E-state index contributed by atoms with van der Waals surface area (Å²) in [7, 11) is 0. The topological polar surface area (TPSA) is 113 Å². The van der Waals surface area contributed by atoms with Crippen LogP contribution >= 0.6 is 11.8 Å². The van der Waals surface area contributed by atoms with Gasteiger partial charge in [-0.2, -0.15) is 0 Å². The van der Waals surface area contributed by atoms with Gasteiger partial charge in [-0.1, -0.05) is 51.1 Å². The molecule has 0 aromatic carbocycles. The van der Waals surface area contributed by atoms with Crippen molar-refractivity contribution < 1.29 is 19.2 Å². The summed E-state index contributed by atoms with van der Waals surface area (Å²) in [5.74, 6) is 1.000. The highest BCUT2D eigenvalue weighted by atomic mass is 32.2. The molecule has 178 valence electrons. The van der Waals surface area contributed by atoms with E-state index in [-0.39, 0.29) is 5.91 Å². The molecule has 1 aromatic heterocycles. The molecule has 2 heterocycles. The molecule has 8 nitrogen and oxygen atoms in total. The van der Waals surface area contributed by atoms with E-state index in [4.69, 9.17) is 14.4 Å². The van der Waals surface area contributed by atoms with Gasteiger partial charge in [0.15, 0.2) is 0 Å². The van der Waals surface area contributed by atoms with Crippen molar-refractivity contribution >= 4 is 28.4 Å². The standard InChI is InChI=1S/C23H35N3O5S/c1-5-7-8-9-10-12-30-17-13-19(31-20(27)14-17)18(11-6-2)24-22(28)23(4)15-32-21(25-23)16(3)26-29/h13-14,18,29H,5-12,15H2,1-4H3,(H,24,28)/b26-16+. The summed E-state index contributed by atoms with van der Waals surface area (Å²) < 4.78 is 11.2. The number of ether oxygens (including phenoxy) is 1. The van der Waals surface area contributed by atoms with E-state index in [1.165, 1.54) is 37.1 Å². The smallest absolute Gasteiger partial charge is 0.339 e. The normalized spacial score (nSPS) is 19.5. The Bertz CT molecular complexity index is 883. The molecule has 0 aliphatic carbocycles. The van der Waals surface area contributed by atoms with Gasteiger partial charge >= 0.3 is 5.63 Å². The van der Waals surface area contributed by atoms with Crippen LogP contribution in [-0.2, 0) is 4.79 Å². The summed E-state index contributed by atoms with van der Waals surface area (Å²) in [6.45, 7) is 8.09. The zero-order chi connectivity index (χ0) is 23.6. The molecule has 0 bridgehead atoms. The first kappa shape index (κ1) is 26.0. The van der Waals surface area contributed by atoms with Crippen molar-refractivity contribution in [2.24, 2.45) is 10.1 Å². The molecule has 2 atom stereocenters. The number of thioether (sulfide) groups is 1. The van der Waals surface area contributed by atoms with Crippen molar-refractivity contribution in [3.63, 3.8) is 0 Å². The molecule has 32 heavy (non-hydrogen) atoms. The van der Waals surface area contributed by atoms with Gasteiger partial charge in [0.2, 0.25) is 5.91 Å². The Kier molecular flexibility index (Phi) is 10.3. The van der Waals surface area contributed by atoms with E-state index in [0.717, 1.165) is 19.3 Å². The molecule has 1 aromatic rings. The number of amides is 1. The molecular formula is C23H35N3O5S. The lowest BCUT2D eigenvalue weighted by Crippen LogP contribution is -2.45. The minimum atomic E-state index is -0.995. The summed E-state index contributed by atoms with van der Waals surface area (Å²) in [6, 6.07) is 2.56. The van der Waals surface area contributed by atoms with Gasteiger partial charge in [-0.25, -0.2) is 4.79 Å². The molecule has 0 saturated heterocycles. The Morgan fingerprint density at radius 2 is 2.06 bits per heavy atom. The van der Waals surface area contributed by atoms with E-state index in [9.17, 15) is 9.59 Å². The Morgan fingerprint density at radius 1 is 1.31 bits per heavy atom. The van der Waals surface area contributed by atoms with Gasteiger partial charge in [-0.15, -0.1) is 11.8 Å². The van der Waals surface area contributed by atoms with Crippen LogP contribution < -0.4 is 15.7 Å². The quantitative estimate of drug-likeness (QED) is 0.189. The third-order valence-corrected chi connectivity index (χ3v) is 6.66. The minimum Gasteiger partial charge on any atom is -0.493 e. The monoisotopic (exact) mass is 465 g/mol. The van der Waals surface area contributed by atoms with Crippen LogP contribution in [0, 0.1) is 0 Å². The van der Waals surface area contributed by atoms with Crippen LogP contribution in [0.3, 0.4) is 0 Å². The fourth-order valence-corrected chi connectivity index (χ4v) is 4.48. The maximum Gasteiger partial charge on any atom is 0.339 e. The Balaban J connectivity index is 2.09. The molecule has 2 unspecified atom stereocenters. The lowest BCUT2D eigenvalue weighted by Gasteiger charge is -2.24. The van der Waals surface area contributed by atoms with E-state index in [2.05, 4.69) is 22.4 Å². The SMILES string of the molecule is CCCCCCCOc1cc(C(CCC)NC(=O)C2(C)CSC(/C(C)=N/O)=N2)oc(=O)c1. The number of nitrogens with zero attached hydrogens (tertiary/aromatic N) is 2. The average molecular weight is 466 g/mol. The van der Waals surface area contributed by atoms with Crippen molar-refractivity contribution in [1.29, 1.82) is 0 Å². The number of unbranched alkanes of at least 4 members (excludes halogenated alkanes) is 4. The van der Waals surface area contributed by atoms with E-state index in [1.807, 2.05) is 6.92 Å². The van der Waals surface area contributed by atoms with Gasteiger partial charge in [-0.05, 0) is 26.7 Å². The summed E-state index contributed by atoms with van der Waals surface area (Å²) >= 11 is 1.37. The number of hydrogen-bond donors (Lipinski definition) is 2. The van der Waals surface area contributed by atoms with E-state index >= 15 is 0 Å². The second-order valence-electron chi connectivity index (χ2n) is 8.26. The van der Waals surface area contributed by atoms with Crippen molar-refractivity contribution in [2.75, 3.05) is 12.4 Å². The van der Waals surface area contributed by atoms with Gasteiger partial charge in [0.1, 0.15) is 27.8 Å². The Labute approximate surface area is 193 Å². The summed E-state index contributed by atoms with van der Waals surface area (Å²) in [5, 5.41) is 15.7. The van der Waals surface area contributed by atoms with Crippen molar-refractivity contribution in [3.05, 3.63) is 28.3 Å². The molecule has 1 aliphatic rings. The maximum absolute atomic E-state index is 13.1. The summed E-state index contributed by atoms with van der Waals surface area (Å²) in [6.07, 6.45) is 6.99. The molecule has 0 fully saturated rings. The molecule has 2 rings (SSSR count). The van der Waals surface area contributed by atoms with Gasteiger partial charge < -0.3 is 19.7 Å². The van der Waals surface area contributed by atoms with Crippen LogP contribution in [0.25, 0.3) is 0 Å². The van der Waals surface area contributed by atoms with Crippen molar-refractivity contribution in [3.8, 4) is 5.75 Å². The van der Waals surface area contributed by atoms with Crippen LogP contribution in [0.1, 0.15) is 84.4 Å². The molecule has 0 radical (unpaired) electrons. The first-order chi connectivity index (χ1) is 15.3. The maximum atomic E-state index is 13.1. The van der Waals surface area contributed by atoms with E-state index in [1.54, 1.807) is 19.9 Å². The largest absolute Gasteiger partial charge is 0.493 e. The highest BCUT2D eigenvalue weighted by Gasteiger charge is 2.40. The molecular weight excluding hydrogens is 430 g/mol. The molecule has 9 heteroatoms. The lowest BCUT2D eigenvalue weighted by molar-refractivity contribution is -0.125. The Morgan fingerprint density at radius 3 is 2.75 bits per heavy atom. The van der Waals surface area contributed by atoms with Gasteiger partial charge in [-0.3, -0.25) is 9.79 Å². The predicted molar refractivity (Wildman–Crippen MR) is 128 cm³/mol. The van der Waals surface area contributed by atoms with Crippen LogP contribution in [0.2, 0.25) is 0 Å². The number of oxime groups is 1. The summed E-state index contributed by atoms with van der Waals surface area (Å²) in [5.41, 5.74) is -1.12. The van der Waals surface area contributed by atoms with Crippen LogP contribution in [0.15, 0.2) is 31.5 Å². The van der Waals surface area contributed by atoms with Gasteiger partial charge in [0, 0.05) is 11.8 Å². The zero-order valence-electron chi connectivity index (χ0n) is 19.5. The third kappa shape index (κ3) is 7.39. The predicted octanol–water partition coefficient (Wildman–Crippen LogP) is 4.70. The molecule has 0 spiro atoms. The second kappa shape index (κ2) is 12.7. The number of aliphatic imine (C=N–C) groups is 1. The van der Waals surface area contributed by atoms with E-state index < -0.39 is 17.2 Å². The minimum absolute atomic E-state index is 0.269. The third-order valence-electron chi connectivity index (χ3n) is 5.29. The second-order valence-corrected chi connectivity index (χ2v) is 9.22. The van der Waals surface area contributed by atoms with E-state index in [0.29, 0.717) is 41.0 Å². The Hall–Kier alpha value is -2.29. The summed E-state index contributed by atoms with van der Waals surface area (Å²) in [4.78, 5) is 29.7. The number of carbonyl (C=O) groups is 1. The van der Waals surface area contributed by atoms with Crippen LogP contribution in [0.5, 0.6) is 5.75 Å². The highest BCUT2D eigenvalue weighted by Crippen LogP contribution is 2.30. The fourth-order valence-electron chi connectivity index (χ4n) is 3.35. The number of rotatable bonds is 13. The molecule has 2 N–H and O–H groups in total. The fraction of sp³-hybridized carbons (Fsp3) is 0.652. The van der Waals surface area contributed by atoms with Crippen LogP contribution in [-0.4, -0.2) is 39.8 Å². The zero-order valence-corrected chi connectivity index (χ0v) is 20.3. The average Bonchev–Trinajstić information content (AvgIpc) is 3.18. The number of hydrogen-bond acceptors (Lipinski definition) is 8. The highest BCUT2D eigenvalue weighted by molar-refractivity contribution is 8.16. The first-order valence-corrected chi connectivity index (χ1v) is 12.3.